The van der Waals surface area contributed by atoms with Crippen molar-refractivity contribution < 1.29 is 37.7 Å². The van der Waals surface area contributed by atoms with E-state index in [4.69, 9.17) is 14.1 Å². The van der Waals surface area contributed by atoms with E-state index in [2.05, 4.69) is 44.6 Å². The first-order valence-electron chi connectivity index (χ1n) is 10.0. The summed E-state index contributed by atoms with van der Waals surface area (Å²) < 4.78 is 33.9. The van der Waals surface area contributed by atoms with E-state index in [1.54, 1.807) is 0 Å². The van der Waals surface area contributed by atoms with Gasteiger partial charge in [-0.25, -0.2) is 10.2 Å². The molecule has 32 heavy (non-hydrogen) atoms. The van der Waals surface area contributed by atoms with Crippen LogP contribution in [0.15, 0.2) is 24.0 Å². The summed E-state index contributed by atoms with van der Waals surface area (Å²) in [5.41, 5.74) is 5.41. The fraction of sp³-hybridized carbons (Fsp3) is 0.632. The molecule has 0 aromatic rings. The second-order valence-electron chi connectivity index (χ2n) is 7.07. The van der Waals surface area contributed by atoms with Crippen LogP contribution in [0.1, 0.15) is 33.1 Å². The van der Waals surface area contributed by atoms with Crippen LogP contribution >= 0.6 is 7.67 Å². The van der Waals surface area contributed by atoms with Crippen molar-refractivity contribution >= 4 is 26.0 Å². The standard InChI is InChI=1S/C18H30N3O7P.CH3NO/c1-13-6-5-9-21(11-13)16-8-7-15(28-16)12-27-29(24,19-10-17(22)25-3)20-14(2)18(23)26-4;2-1-3/h5,9,11,14-16H,6-8,10,12H2,1-4H3,(H2,19,20,24);1H,(H2,2,3). The number of amides is 1. The third-order valence-electron chi connectivity index (χ3n) is 4.52. The van der Waals surface area contributed by atoms with Crippen LogP contribution in [0.25, 0.3) is 0 Å². The number of nitrogens with zero attached hydrogens (tertiary/aromatic N) is 1. The van der Waals surface area contributed by atoms with Crippen molar-refractivity contribution in [2.75, 3.05) is 27.4 Å². The maximum atomic E-state index is 13.1. The molecule has 182 valence electrons. The molecule has 4 N–H and O–H groups in total. The first-order chi connectivity index (χ1) is 15.2. The van der Waals surface area contributed by atoms with Gasteiger partial charge in [-0.05, 0) is 33.1 Å². The van der Waals surface area contributed by atoms with Gasteiger partial charge in [-0.1, -0.05) is 11.6 Å². The minimum Gasteiger partial charge on any atom is -0.468 e. The summed E-state index contributed by atoms with van der Waals surface area (Å²) in [5, 5.41) is 5.10. The Kier molecular flexibility index (Phi) is 12.2. The van der Waals surface area contributed by atoms with Crippen molar-refractivity contribution in [3.63, 3.8) is 0 Å². The minimum absolute atomic E-state index is 0.0308. The van der Waals surface area contributed by atoms with Crippen LogP contribution in [-0.2, 0) is 37.7 Å². The first-order valence-corrected chi connectivity index (χ1v) is 11.6. The van der Waals surface area contributed by atoms with Crippen LogP contribution in [0, 0.1) is 0 Å². The Balaban J connectivity index is 0.00000161. The molecule has 2 aliphatic rings. The summed E-state index contributed by atoms with van der Waals surface area (Å²) in [6, 6.07) is -0.903. The van der Waals surface area contributed by atoms with Crippen molar-refractivity contribution in [2.24, 2.45) is 5.73 Å². The molecular formula is C19H33N4O8P. The SMILES string of the molecule is COC(=O)CNP(=O)(NC(C)C(=O)OC)OCC1CCC(N2C=CCC(C)=C2)O1.NC=O. The van der Waals surface area contributed by atoms with Gasteiger partial charge in [0, 0.05) is 12.4 Å². The Bertz CT molecular complexity index is 745. The molecule has 0 saturated carbocycles. The van der Waals surface area contributed by atoms with Crippen molar-refractivity contribution in [3.05, 3.63) is 24.0 Å². The van der Waals surface area contributed by atoms with E-state index >= 15 is 0 Å². The molecule has 2 rings (SSSR count). The van der Waals surface area contributed by atoms with Gasteiger partial charge in [0.2, 0.25) is 6.41 Å². The smallest absolute Gasteiger partial charge is 0.342 e. The molecule has 12 nitrogen and oxygen atoms in total. The Morgan fingerprint density at radius 1 is 1.38 bits per heavy atom. The fourth-order valence-electron chi connectivity index (χ4n) is 2.96. The summed E-state index contributed by atoms with van der Waals surface area (Å²) in [4.78, 5) is 33.7. The van der Waals surface area contributed by atoms with Crippen LogP contribution in [0.2, 0.25) is 0 Å². The highest BCUT2D eigenvalue weighted by Gasteiger charge is 2.34. The van der Waals surface area contributed by atoms with E-state index in [1.807, 2.05) is 11.1 Å². The Morgan fingerprint density at radius 3 is 2.66 bits per heavy atom. The summed E-state index contributed by atoms with van der Waals surface area (Å²) in [5.74, 6) is -1.22. The quantitative estimate of drug-likeness (QED) is 0.232. The zero-order valence-corrected chi connectivity index (χ0v) is 19.7. The number of methoxy groups -OCH3 is 2. The summed E-state index contributed by atoms with van der Waals surface area (Å²) in [6.45, 7) is 3.24. The van der Waals surface area contributed by atoms with Crippen molar-refractivity contribution in [1.82, 2.24) is 15.1 Å². The van der Waals surface area contributed by atoms with E-state index < -0.39 is 25.7 Å². The summed E-state index contributed by atoms with van der Waals surface area (Å²) in [7, 11) is -1.30. The zero-order valence-electron chi connectivity index (χ0n) is 18.8. The number of hydrogen-bond acceptors (Lipinski definition) is 9. The second-order valence-corrected chi connectivity index (χ2v) is 9.01. The molecule has 4 unspecified atom stereocenters. The fourth-order valence-corrected chi connectivity index (χ4v) is 4.55. The Labute approximate surface area is 188 Å². The lowest BCUT2D eigenvalue weighted by atomic mass is 10.2. The number of esters is 2. The van der Waals surface area contributed by atoms with Gasteiger partial charge in [0.25, 0.3) is 0 Å². The molecule has 0 bridgehead atoms. The number of rotatable bonds is 10. The average Bonchev–Trinajstić information content (AvgIpc) is 3.25. The number of primary amides is 1. The lowest BCUT2D eigenvalue weighted by Crippen LogP contribution is -2.39. The van der Waals surface area contributed by atoms with Gasteiger partial charge in [0.15, 0.2) is 0 Å². The highest BCUT2D eigenvalue weighted by molar-refractivity contribution is 7.54. The van der Waals surface area contributed by atoms with Gasteiger partial charge in [0.1, 0.15) is 18.8 Å². The Hall–Kier alpha value is -2.24. The molecule has 4 atom stereocenters. The monoisotopic (exact) mass is 476 g/mol. The molecule has 1 saturated heterocycles. The topological polar surface area (TPSA) is 159 Å². The molecule has 0 aliphatic carbocycles. The van der Waals surface area contributed by atoms with Crippen LogP contribution < -0.4 is 15.9 Å². The van der Waals surface area contributed by atoms with E-state index in [0.717, 1.165) is 19.3 Å². The van der Waals surface area contributed by atoms with E-state index in [-0.39, 0.29) is 31.9 Å². The second kappa shape index (κ2) is 14.0. The Morgan fingerprint density at radius 2 is 2.06 bits per heavy atom. The maximum Gasteiger partial charge on any atom is 0.342 e. The van der Waals surface area contributed by atoms with Crippen LogP contribution in [0.5, 0.6) is 0 Å². The third-order valence-corrected chi connectivity index (χ3v) is 6.34. The molecule has 0 spiro atoms. The van der Waals surface area contributed by atoms with Gasteiger partial charge < -0.3 is 29.4 Å². The molecule has 1 fully saturated rings. The van der Waals surface area contributed by atoms with E-state index in [0.29, 0.717) is 0 Å². The molecule has 13 heteroatoms. The predicted octanol–water partition coefficient (Wildman–Crippen LogP) is 0.755. The van der Waals surface area contributed by atoms with Crippen molar-refractivity contribution in [2.45, 2.75) is 51.5 Å². The van der Waals surface area contributed by atoms with E-state index in [1.165, 1.54) is 26.7 Å². The van der Waals surface area contributed by atoms with Crippen LogP contribution in [-0.4, -0.2) is 69.0 Å². The third kappa shape index (κ3) is 9.49. The highest BCUT2D eigenvalue weighted by Crippen LogP contribution is 2.39. The highest BCUT2D eigenvalue weighted by atomic mass is 31.2. The number of ether oxygens (including phenoxy) is 3. The van der Waals surface area contributed by atoms with Gasteiger partial charge in [-0.3, -0.25) is 18.9 Å². The van der Waals surface area contributed by atoms with Crippen LogP contribution in [0.3, 0.4) is 0 Å². The van der Waals surface area contributed by atoms with Crippen molar-refractivity contribution in [3.8, 4) is 0 Å². The normalized spacial score (nSPS) is 22.6. The maximum absolute atomic E-state index is 13.1. The number of allylic oxidation sites excluding steroid dienone is 2. The summed E-state index contributed by atoms with van der Waals surface area (Å²) >= 11 is 0. The zero-order chi connectivity index (χ0) is 24.1. The number of hydrogen-bond donors (Lipinski definition) is 3. The molecule has 0 radical (unpaired) electrons. The average molecular weight is 476 g/mol. The molecule has 0 aromatic heterocycles. The molecule has 1 amide bonds. The number of nitrogens with one attached hydrogen (secondary N) is 2. The van der Waals surface area contributed by atoms with Crippen molar-refractivity contribution in [1.29, 1.82) is 0 Å². The molecular weight excluding hydrogens is 443 g/mol. The van der Waals surface area contributed by atoms with Gasteiger partial charge in [-0.2, -0.15) is 0 Å². The lowest BCUT2D eigenvalue weighted by molar-refractivity contribution is -0.142. The van der Waals surface area contributed by atoms with E-state index in [9.17, 15) is 14.2 Å². The van der Waals surface area contributed by atoms with Gasteiger partial charge in [0.05, 0.1) is 26.9 Å². The minimum atomic E-state index is -3.75. The number of carbonyl (C=O) groups excluding carboxylic acids is 3. The van der Waals surface area contributed by atoms with Gasteiger partial charge >= 0.3 is 19.6 Å². The molecule has 0 aromatic carbocycles. The number of nitrogens with two attached hydrogens (primary N) is 1. The lowest BCUT2D eigenvalue weighted by Gasteiger charge is -2.27. The number of carbonyl (C=O) groups is 3. The first kappa shape index (κ1) is 27.8. The largest absolute Gasteiger partial charge is 0.468 e. The molecule has 2 heterocycles. The molecule has 2 aliphatic heterocycles. The van der Waals surface area contributed by atoms with Gasteiger partial charge in [-0.15, -0.1) is 0 Å². The summed E-state index contributed by atoms with van der Waals surface area (Å²) in [6.07, 6.45) is 8.44. The van der Waals surface area contributed by atoms with Crippen LogP contribution in [0.4, 0.5) is 0 Å². The predicted molar refractivity (Wildman–Crippen MR) is 116 cm³/mol.